The molecule has 1 fully saturated rings. The van der Waals surface area contributed by atoms with Crippen LogP contribution >= 0.6 is 11.8 Å². The van der Waals surface area contributed by atoms with Crippen molar-refractivity contribution < 1.29 is 14.7 Å². The van der Waals surface area contributed by atoms with E-state index in [4.69, 9.17) is 5.11 Å². The van der Waals surface area contributed by atoms with Gasteiger partial charge in [0.1, 0.15) is 6.04 Å². The molecule has 2 rings (SSSR count). The molecule has 0 spiro atoms. The Labute approximate surface area is 121 Å². The van der Waals surface area contributed by atoms with Crippen LogP contribution in [0.15, 0.2) is 6.20 Å². The Morgan fingerprint density at radius 2 is 2.35 bits per heavy atom. The molecule has 8 heteroatoms. The number of urea groups is 1. The average molecular weight is 298 g/mol. The molecule has 2 amide bonds. The van der Waals surface area contributed by atoms with Crippen LogP contribution in [0.4, 0.5) is 4.79 Å². The predicted octanol–water partition coefficient (Wildman–Crippen LogP) is 0.440. The third kappa shape index (κ3) is 3.06. The van der Waals surface area contributed by atoms with Crippen molar-refractivity contribution in [1.82, 2.24) is 20.0 Å². The minimum absolute atomic E-state index is 0.332. The highest BCUT2D eigenvalue weighted by Crippen LogP contribution is 2.17. The molecule has 0 aromatic carbocycles. The van der Waals surface area contributed by atoms with E-state index in [0.29, 0.717) is 18.8 Å². The Morgan fingerprint density at radius 3 is 2.95 bits per heavy atom. The zero-order chi connectivity index (χ0) is 14.7. The van der Waals surface area contributed by atoms with Gasteiger partial charge in [-0.2, -0.15) is 16.9 Å². The van der Waals surface area contributed by atoms with Gasteiger partial charge in [-0.3, -0.25) is 4.68 Å². The van der Waals surface area contributed by atoms with E-state index in [1.807, 2.05) is 14.0 Å². The number of thioether (sulfide) groups is 1. The van der Waals surface area contributed by atoms with Crippen LogP contribution in [0.3, 0.4) is 0 Å². The summed E-state index contributed by atoms with van der Waals surface area (Å²) in [5.74, 6) is 0.252. The number of carboxylic acids is 1. The highest BCUT2D eigenvalue weighted by Gasteiger charge is 2.32. The summed E-state index contributed by atoms with van der Waals surface area (Å²) in [5, 5.41) is 16.0. The molecule has 1 aliphatic rings. The van der Waals surface area contributed by atoms with Gasteiger partial charge in [0.15, 0.2) is 0 Å². The number of carboxylic acid groups (broad SMARTS) is 1. The fourth-order valence-corrected chi connectivity index (χ4v) is 3.08. The van der Waals surface area contributed by atoms with Gasteiger partial charge in [0.2, 0.25) is 0 Å². The Hall–Kier alpha value is -1.70. The molecule has 20 heavy (non-hydrogen) atoms. The van der Waals surface area contributed by atoms with Crippen LogP contribution in [0, 0.1) is 6.92 Å². The number of amides is 2. The van der Waals surface area contributed by atoms with Gasteiger partial charge in [0.05, 0.1) is 6.20 Å². The molecule has 0 radical (unpaired) electrons. The second kappa shape index (κ2) is 6.17. The molecule has 1 unspecified atom stereocenters. The van der Waals surface area contributed by atoms with Crippen molar-refractivity contribution in [3.8, 4) is 0 Å². The quantitative estimate of drug-likeness (QED) is 0.845. The van der Waals surface area contributed by atoms with Crippen molar-refractivity contribution in [2.75, 3.05) is 18.1 Å². The van der Waals surface area contributed by atoms with Crippen LogP contribution in [0.5, 0.6) is 0 Å². The molecule has 0 aliphatic carbocycles. The fraction of sp³-hybridized carbons (Fsp3) is 0.583. The largest absolute Gasteiger partial charge is 0.480 e. The van der Waals surface area contributed by atoms with Gasteiger partial charge in [-0.05, 0) is 6.92 Å². The topological polar surface area (TPSA) is 87.5 Å². The Bertz CT molecular complexity index is 517. The summed E-state index contributed by atoms with van der Waals surface area (Å²) in [7, 11) is 1.84. The first-order chi connectivity index (χ1) is 9.50. The summed E-state index contributed by atoms with van der Waals surface area (Å²) >= 11 is 1.56. The van der Waals surface area contributed by atoms with E-state index >= 15 is 0 Å². The number of hydrogen-bond donors (Lipinski definition) is 2. The number of aromatic nitrogens is 2. The van der Waals surface area contributed by atoms with Crippen molar-refractivity contribution in [2.45, 2.75) is 19.5 Å². The van der Waals surface area contributed by atoms with Gasteiger partial charge in [0, 0.05) is 42.9 Å². The number of aliphatic carboxylic acids is 1. The van der Waals surface area contributed by atoms with E-state index in [9.17, 15) is 9.59 Å². The number of carbonyl (C=O) groups excluding carboxylic acids is 1. The average Bonchev–Trinajstić information content (AvgIpc) is 2.76. The van der Waals surface area contributed by atoms with Crippen molar-refractivity contribution in [2.24, 2.45) is 7.05 Å². The van der Waals surface area contributed by atoms with Crippen molar-refractivity contribution in [1.29, 1.82) is 0 Å². The van der Waals surface area contributed by atoms with E-state index in [1.165, 1.54) is 4.90 Å². The van der Waals surface area contributed by atoms with Crippen LogP contribution in [-0.4, -0.2) is 55.9 Å². The second-order valence-electron chi connectivity index (χ2n) is 4.66. The van der Waals surface area contributed by atoms with Crippen molar-refractivity contribution in [3.05, 3.63) is 17.5 Å². The van der Waals surface area contributed by atoms with E-state index in [-0.39, 0.29) is 6.03 Å². The molecule has 7 nitrogen and oxygen atoms in total. The van der Waals surface area contributed by atoms with Crippen molar-refractivity contribution in [3.63, 3.8) is 0 Å². The van der Waals surface area contributed by atoms with Crippen LogP contribution in [0.2, 0.25) is 0 Å². The third-order valence-electron chi connectivity index (χ3n) is 3.44. The molecule has 110 valence electrons. The first-order valence-corrected chi connectivity index (χ1v) is 7.48. The van der Waals surface area contributed by atoms with E-state index < -0.39 is 12.0 Å². The highest BCUT2D eigenvalue weighted by molar-refractivity contribution is 7.99. The van der Waals surface area contributed by atoms with Crippen LogP contribution in [-0.2, 0) is 18.4 Å². The molecule has 1 saturated heterocycles. The normalized spacial score (nSPS) is 18.9. The lowest BCUT2D eigenvalue weighted by Crippen LogP contribution is -2.53. The smallest absolute Gasteiger partial charge is 0.327 e. The second-order valence-corrected chi connectivity index (χ2v) is 5.81. The maximum absolute atomic E-state index is 12.1. The lowest BCUT2D eigenvalue weighted by Gasteiger charge is -2.32. The first-order valence-electron chi connectivity index (χ1n) is 6.33. The monoisotopic (exact) mass is 298 g/mol. The molecule has 1 atom stereocenters. The minimum Gasteiger partial charge on any atom is -0.480 e. The van der Waals surface area contributed by atoms with Crippen LogP contribution < -0.4 is 5.32 Å². The van der Waals surface area contributed by atoms with Gasteiger partial charge < -0.3 is 15.3 Å². The van der Waals surface area contributed by atoms with Crippen LogP contribution in [0.1, 0.15) is 11.3 Å². The van der Waals surface area contributed by atoms with Gasteiger partial charge in [-0.15, -0.1) is 0 Å². The van der Waals surface area contributed by atoms with E-state index in [0.717, 1.165) is 17.0 Å². The summed E-state index contributed by atoms with van der Waals surface area (Å²) in [5.41, 5.74) is 1.91. The molecular weight excluding hydrogens is 280 g/mol. The molecule has 2 heterocycles. The minimum atomic E-state index is -0.954. The summed E-state index contributed by atoms with van der Waals surface area (Å²) in [6, 6.07) is -1.08. The number of rotatable bonds is 3. The third-order valence-corrected chi connectivity index (χ3v) is 4.46. The summed E-state index contributed by atoms with van der Waals surface area (Å²) in [4.78, 5) is 24.7. The Kier molecular flexibility index (Phi) is 4.53. The Morgan fingerprint density at radius 1 is 1.60 bits per heavy atom. The zero-order valence-corrected chi connectivity index (χ0v) is 12.3. The zero-order valence-electron chi connectivity index (χ0n) is 11.5. The summed E-state index contributed by atoms with van der Waals surface area (Å²) < 4.78 is 1.74. The summed E-state index contributed by atoms with van der Waals surface area (Å²) in [6.45, 7) is 2.74. The lowest BCUT2D eigenvalue weighted by molar-refractivity contribution is -0.141. The number of nitrogens with one attached hydrogen (secondary N) is 1. The van der Waals surface area contributed by atoms with Crippen LogP contribution in [0.25, 0.3) is 0 Å². The number of nitrogens with zero attached hydrogens (tertiary/aromatic N) is 3. The van der Waals surface area contributed by atoms with Crippen molar-refractivity contribution >= 4 is 23.8 Å². The molecule has 0 saturated carbocycles. The number of aryl methyl sites for hydroxylation is 1. The molecular formula is C12H18N4O3S. The molecule has 1 aromatic heterocycles. The highest BCUT2D eigenvalue weighted by atomic mass is 32.2. The standard InChI is InChI=1S/C12H18N4O3S/c1-8-9(6-14-15(8)2)5-13-12(19)16-3-4-20-7-10(16)11(17)18/h6,10H,3-5,7H2,1-2H3,(H,13,19)(H,17,18). The van der Waals surface area contributed by atoms with E-state index in [1.54, 1.807) is 22.6 Å². The first kappa shape index (κ1) is 14.7. The lowest BCUT2D eigenvalue weighted by atomic mass is 10.2. The summed E-state index contributed by atoms with van der Waals surface area (Å²) in [6.07, 6.45) is 1.70. The molecule has 1 aromatic rings. The fourth-order valence-electron chi connectivity index (χ4n) is 2.04. The van der Waals surface area contributed by atoms with Gasteiger partial charge >= 0.3 is 12.0 Å². The van der Waals surface area contributed by atoms with Gasteiger partial charge in [-0.1, -0.05) is 0 Å². The van der Waals surface area contributed by atoms with Gasteiger partial charge in [-0.25, -0.2) is 9.59 Å². The number of hydrogen-bond acceptors (Lipinski definition) is 4. The van der Waals surface area contributed by atoms with E-state index in [2.05, 4.69) is 10.4 Å². The molecule has 0 bridgehead atoms. The molecule has 2 N–H and O–H groups in total. The Balaban J connectivity index is 1.96. The maximum Gasteiger partial charge on any atom is 0.327 e. The molecule has 1 aliphatic heterocycles. The maximum atomic E-state index is 12.1. The van der Waals surface area contributed by atoms with Gasteiger partial charge in [0.25, 0.3) is 0 Å². The predicted molar refractivity (Wildman–Crippen MR) is 75.6 cm³/mol. The number of carbonyl (C=O) groups is 2. The SMILES string of the molecule is Cc1c(CNC(=O)N2CCSCC2C(=O)O)cnn1C.